The van der Waals surface area contributed by atoms with Crippen LogP contribution in [0.3, 0.4) is 0 Å². The second kappa shape index (κ2) is 6.60. The van der Waals surface area contributed by atoms with Crippen LogP contribution in [0.2, 0.25) is 0 Å². The highest BCUT2D eigenvalue weighted by atomic mass is 16.5. The van der Waals surface area contributed by atoms with Gasteiger partial charge >= 0.3 is 0 Å². The first-order valence-electron chi connectivity index (χ1n) is 8.13. The first kappa shape index (κ1) is 18.3. The Bertz CT molecular complexity index is 380. The predicted octanol–water partition coefficient (Wildman–Crippen LogP) is 3.95. The lowest BCUT2D eigenvalue weighted by Crippen LogP contribution is -2.56. The van der Waals surface area contributed by atoms with E-state index in [2.05, 4.69) is 20.8 Å². The molecule has 1 aliphatic carbocycles. The van der Waals surface area contributed by atoms with Gasteiger partial charge in [0.1, 0.15) is 0 Å². The van der Waals surface area contributed by atoms with Gasteiger partial charge < -0.3 is 4.74 Å². The van der Waals surface area contributed by atoms with Crippen molar-refractivity contribution in [1.82, 2.24) is 0 Å². The van der Waals surface area contributed by atoms with Gasteiger partial charge in [-0.25, -0.2) is 0 Å². The Morgan fingerprint density at radius 1 is 1.24 bits per heavy atom. The van der Waals surface area contributed by atoms with E-state index < -0.39 is 11.0 Å². The lowest BCUT2D eigenvalue weighted by Gasteiger charge is -2.45. The summed E-state index contributed by atoms with van der Waals surface area (Å²) < 4.78 is 6.23. The maximum atomic E-state index is 12.2. The van der Waals surface area contributed by atoms with E-state index in [1.165, 1.54) is 13.3 Å². The lowest BCUT2D eigenvalue weighted by molar-refractivity contribution is -0.168. The highest BCUT2D eigenvalue weighted by Crippen LogP contribution is 2.41. The molecule has 0 aromatic heterocycles. The summed E-state index contributed by atoms with van der Waals surface area (Å²) in [4.78, 5) is 23.9. The average Bonchev–Trinajstić information content (AvgIpc) is 2.33. The zero-order valence-electron chi connectivity index (χ0n) is 14.7. The van der Waals surface area contributed by atoms with Crippen molar-refractivity contribution in [2.24, 2.45) is 23.2 Å². The number of hydrogen-bond donors (Lipinski definition) is 0. The van der Waals surface area contributed by atoms with E-state index in [-0.39, 0.29) is 11.9 Å². The Hall–Kier alpha value is -0.700. The fourth-order valence-electron chi connectivity index (χ4n) is 3.51. The van der Waals surface area contributed by atoms with Crippen LogP contribution in [0.25, 0.3) is 0 Å². The van der Waals surface area contributed by atoms with Crippen molar-refractivity contribution in [3.63, 3.8) is 0 Å². The second-order valence-corrected chi connectivity index (χ2v) is 8.07. The second-order valence-electron chi connectivity index (χ2n) is 8.07. The molecular formula is C18H31O3. The molecule has 0 spiro atoms. The maximum Gasteiger partial charge on any atom is 0.241 e. The normalized spacial score (nSPS) is 30.0. The number of Topliss-reactive ketones (excluding diaryl/α,β-unsaturated/α-hetero) is 1. The standard InChI is InChI=1S/C18H31O3/c1-12(2)15-9-8-13(3)10-16(15)21-18(11-19,14(4)20)17(5,6)7/h12-13,15-16H,8-10H2,1-7H3. The van der Waals surface area contributed by atoms with Crippen LogP contribution in [-0.4, -0.2) is 23.8 Å². The minimum Gasteiger partial charge on any atom is -0.355 e. The third-order valence-corrected chi connectivity index (χ3v) is 4.99. The molecule has 3 heteroatoms. The number of ketones is 1. The first-order valence-corrected chi connectivity index (χ1v) is 8.13. The minimum atomic E-state index is -1.46. The van der Waals surface area contributed by atoms with Crippen LogP contribution < -0.4 is 0 Å². The van der Waals surface area contributed by atoms with Gasteiger partial charge in [0, 0.05) is 5.41 Å². The zero-order chi connectivity index (χ0) is 16.4. The van der Waals surface area contributed by atoms with Gasteiger partial charge in [-0.15, -0.1) is 0 Å². The van der Waals surface area contributed by atoms with Gasteiger partial charge in [0.2, 0.25) is 6.29 Å². The van der Waals surface area contributed by atoms with E-state index in [4.69, 9.17) is 4.74 Å². The van der Waals surface area contributed by atoms with Crippen molar-refractivity contribution in [3.8, 4) is 0 Å². The molecule has 3 nitrogen and oxygen atoms in total. The summed E-state index contributed by atoms with van der Waals surface area (Å²) in [6.07, 6.45) is 5.11. The third kappa shape index (κ3) is 3.74. The summed E-state index contributed by atoms with van der Waals surface area (Å²) in [6.45, 7) is 13.6. The lowest BCUT2D eigenvalue weighted by atomic mass is 9.72. The van der Waals surface area contributed by atoms with E-state index in [0.717, 1.165) is 12.8 Å². The fourth-order valence-corrected chi connectivity index (χ4v) is 3.51. The van der Waals surface area contributed by atoms with E-state index in [0.29, 0.717) is 17.8 Å². The largest absolute Gasteiger partial charge is 0.355 e. The number of carbonyl (C=O) groups excluding carboxylic acids is 2. The smallest absolute Gasteiger partial charge is 0.241 e. The van der Waals surface area contributed by atoms with Gasteiger partial charge in [-0.2, -0.15) is 0 Å². The summed E-state index contributed by atoms with van der Waals surface area (Å²) >= 11 is 0. The maximum absolute atomic E-state index is 12.2. The fraction of sp³-hybridized carbons (Fsp3) is 0.889. The quantitative estimate of drug-likeness (QED) is 0.721. The number of ether oxygens (including phenoxy) is 1. The van der Waals surface area contributed by atoms with Crippen LogP contribution in [0, 0.1) is 23.2 Å². The SMILES string of the molecule is CC(=O)C([C]=O)(OC1CC(C)CCC1C(C)C)C(C)(C)C. The van der Waals surface area contributed by atoms with Crippen molar-refractivity contribution < 1.29 is 14.3 Å². The van der Waals surface area contributed by atoms with Gasteiger partial charge in [0.05, 0.1) is 6.10 Å². The van der Waals surface area contributed by atoms with Crippen LogP contribution in [0.4, 0.5) is 0 Å². The molecule has 1 aliphatic rings. The third-order valence-electron chi connectivity index (χ3n) is 4.99. The summed E-state index contributed by atoms with van der Waals surface area (Å²) in [7, 11) is 0. The molecule has 0 heterocycles. The topological polar surface area (TPSA) is 43.4 Å². The molecule has 0 amide bonds. The molecule has 0 aromatic rings. The highest BCUT2D eigenvalue weighted by Gasteiger charge is 2.51. The molecule has 121 valence electrons. The van der Waals surface area contributed by atoms with Crippen molar-refractivity contribution in [2.45, 2.75) is 79.4 Å². The van der Waals surface area contributed by atoms with Crippen molar-refractivity contribution in [1.29, 1.82) is 0 Å². The van der Waals surface area contributed by atoms with E-state index in [1.54, 1.807) is 0 Å². The molecule has 1 saturated carbocycles. The van der Waals surface area contributed by atoms with Gasteiger partial charge in [0.15, 0.2) is 11.4 Å². The number of rotatable bonds is 5. The molecule has 0 aromatic carbocycles. The number of hydrogen-bond acceptors (Lipinski definition) is 3. The first-order chi connectivity index (χ1) is 9.55. The van der Waals surface area contributed by atoms with Crippen LogP contribution in [0.15, 0.2) is 0 Å². The Morgan fingerprint density at radius 2 is 1.81 bits per heavy atom. The molecule has 4 unspecified atom stereocenters. The molecule has 0 aliphatic heterocycles. The molecule has 4 atom stereocenters. The van der Waals surface area contributed by atoms with Gasteiger partial charge in [-0.3, -0.25) is 9.59 Å². The molecule has 1 rings (SSSR count). The Balaban J connectivity index is 3.11. The predicted molar refractivity (Wildman–Crippen MR) is 84.8 cm³/mol. The summed E-state index contributed by atoms with van der Waals surface area (Å²) in [5, 5.41) is 0. The molecule has 0 bridgehead atoms. The van der Waals surface area contributed by atoms with E-state index in [1.807, 2.05) is 27.1 Å². The van der Waals surface area contributed by atoms with Gasteiger partial charge in [0.25, 0.3) is 0 Å². The van der Waals surface area contributed by atoms with Crippen molar-refractivity contribution >= 4 is 12.1 Å². The Labute approximate surface area is 129 Å². The van der Waals surface area contributed by atoms with Crippen LogP contribution in [-0.2, 0) is 14.3 Å². The van der Waals surface area contributed by atoms with Gasteiger partial charge in [-0.1, -0.05) is 48.0 Å². The molecule has 1 radical (unpaired) electrons. The summed E-state index contributed by atoms with van der Waals surface area (Å²) in [5.74, 6) is 1.21. The van der Waals surface area contributed by atoms with Crippen LogP contribution >= 0.6 is 0 Å². The minimum absolute atomic E-state index is 0.0432. The van der Waals surface area contributed by atoms with E-state index in [9.17, 15) is 9.59 Å². The van der Waals surface area contributed by atoms with E-state index >= 15 is 0 Å². The Kier molecular flexibility index (Phi) is 5.76. The van der Waals surface area contributed by atoms with Crippen molar-refractivity contribution in [3.05, 3.63) is 0 Å². The molecule has 0 saturated heterocycles. The molecule has 0 N–H and O–H groups in total. The monoisotopic (exact) mass is 295 g/mol. The molecule has 21 heavy (non-hydrogen) atoms. The summed E-state index contributed by atoms with van der Waals surface area (Å²) in [5.41, 5.74) is -2.05. The Morgan fingerprint density at radius 3 is 2.19 bits per heavy atom. The number of carbonyl (C=O) groups is 1. The zero-order valence-corrected chi connectivity index (χ0v) is 14.7. The molecule has 1 fully saturated rings. The molecular weight excluding hydrogens is 264 g/mol. The van der Waals surface area contributed by atoms with Crippen LogP contribution in [0.5, 0.6) is 0 Å². The van der Waals surface area contributed by atoms with Crippen molar-refractivity contribution in [2.75, 3.05) is 0 Å². The highest BCUT2D eigenvalue weighted by molar-refractivity contribution is 6.01. The van der Waals surface area contributed by atoms with Gasteiger partial charge in [-0.05, 0) is 37.5 Å². The average molecular weight is 295 g/mol. The van der Waals surface area contributed by atoms with Crippen LogP contribution in [0.1, 0.15) is 67.7 Å². The summed E-state index contributed by atoms with van der Waals surface area (Å²) in [6, 6.07) is 0.